The van der Waals surface area contributed by atoms with Crippen LogP contribution >= 0.6 is 0 Å². The third kappa shape index (κ3) is 5.09. The molecule has 1 aliphatic rings. The fourth-order valence-electron chi connectivity index (χ4n) is 3.14. The second-order valence-electron chi connectivity index (χ2n) is 6.65. The highest BCUT2D eigenvalue weighted by Crippen LogP contribution is 2.20. The SMILES string of the molecule is CC#CC1CN(C(=O)OCc2ccccc2)CCN1c1ccc(S(=O)(=O)NC)cn1. The maximum atomic E-state index is 12.5. The van der Waals surface area contributed by atoms with Gasteiger partial charge in [-0.15, -0.1) is 5.92 Å². The van der Waals surface area contributed by atoms with Gasteiger partial charge >= 0.3 is 6.09 Å². The number of hydrogen-bond donors (Lipinski definition) is 1. The summed E-state index contributed by atoms with van der Waals surface area (Å²) < 4.78 is 31.5. The normalized spacial score (nSPS) is 16.5. The average molecular weight is 429 g/mol. The number of aromatic nitrogens is 1. The zero-order valence-corrected chi connectivity index (χ0v) is 17.7. The van der Waals surface area contributed by atoms with Crippen molar-refractivity contribution in [2.75, 3.05) is 31.6 Å². The van der Waals surface area contributed by atoms with Crippen LogP contribution in [0.2, 0.25) is 0 Å². The lowest BCUT2D eigenvalue weighted by molar-refractivity contribution is 0.0915. The number of pyridine rings is 1. The van der Waals surface area contributed by atoms with Crippen LogP contribution < -0.4 is 9.62 Å². The standard InChI is InChI=1S/C21H24N4O4S/c1-3-7-18-15-24(21(26)29-16-17-8-5-4-6-9-17)12-13-25(18)20-11-10-19(14-23-20)30(27,28)22-2/h4-6,8-11,14,18,22H,12-13,15-16H2,1-2H3. The number of sulfonamides is 1. The number of amides is 1. The van der Waals surface area contributed by atoms with E-state index in [9.17, 15) is 13.2 Å². The molecule has 1 unspecified atom stereocenters. The Morgan fingerprint density at radius 1 is 1.23 bits per heavy atom. The van der Waals surface area contributed by atoms with Crippen LogP contribution in [0.25, 0.3) is 0 Å². The molecule has 1 atom stereocenters. The number of benzene rings is 1. The van der Waals surface area contributed by atoms with Gasteiger partial charge in [-0.3, -0.25) is 0 Å². The van der Waals surface area contributed by atoms with E-state index in [2.05, 4.69) is 21.5 Å². The van der Waals surface area contributed by atoms with Gasteiger partial charge in [-0.2, -0.15) is 0 Å². The lowest BCUT2D eigenvalue weighted by atomic mass is 10.1. The van der Waals surface area contributed by atoms with Gasteiger partial charge in [0.05, 0.1) is 6.54 Å². The molecule has 0 aliphatic carbocycles. The predicted molar refractivity (Wildman–Crippen MR) is 113 cm³/mol. The summed E-state index contributed by atoms with van der Waals surface area (Å²) in [6, 6.07) is 12.4. The third-order valence-corrected chi connectivity index (χ3v) is 6.15. The first-order valence-electron chi connectivity index (χ1n) is 9.48. The topological polar surface area (TPSA) is 91.8 Å². The number of ether oxygens (including phenoxy) is 1. The summed E-state index contributed by atoms with van der Waals surface area (Å²) in [4.78, 5) is 20.5. The number of rotatable bonds is 5. The van der Waals surface area contributed by atoms with Crippen LogP contribution in [0.3, 0.4) is 0 Å². The van der Waals surface area contributed by atoms with E-state index >= 15 is 0 Å². The van der Waals surface area contributed by atoms with Crippen LogP contribution in [0, 0.1) is 11.8 Å². The van der Waals surface area contributed by atoms with Gasteiger partial charge in [-0.1, -0.05) is 36.3 Å². The van der Waals surface area contributed by atoms with Gasteiger partial charge in [0.15, 0.2) is 0 Å². The summed E-state index contributed by atoms with van der Waals surface area (Å²) in [5.74, 6) is 6.61. The molecule has 3 rings (SSSR count). The molecule has 8 nitrogen and oxygen atoms in total. The molecule has 1 fully saturated rings. The Morgan fingerprint density at radius 3 is 2.63 bits per heavy atom. The number of hydrogen-bond acceptors (Lipinski definition) is 6. The predicted octanol–water partition coefficient (Wildman–Crippen LogP) is 1.84. The molecule has 1 amide bonds. The van der Waals surface area contributed by atoms with E-state index in [4.69, 9.17) is 4.74 Å². The minimum Gasteiger partial charge on any atom is -0.445 e. The highest BCUT2D eigenvalue weighted by molar-refractivity contribution is 7.89. The minimum absolute atomic E-state index is 0.0926. The first-order valence-corrected chi connectivity index (χ1v) is 11.0. The van der Waals surface area contributed by atoms with Gasteiger partial charge in [0.1, 0.15) is 23.4 Å². The number of nitrogens with one attached hydrogen (secondary N) is 1. The lowest BCUT2D eigenvalue weighted by Crippen LogP contribution is -2.54. The fourth-order valence-corrected chi connectivity index (χ4v) is 3.82. The Labute approximate surface area is 176 Å². The Morgan fingerprint density at radius 2 is 2.00 bits per heavy atom. The Kier molecular flexibility index (Phi) is 6.92. The first kappa shape index (κ1) is 21.6. The summed E-state index contributed by atoms with van der Waals surface area (Å²) in [6.45, 7) is 3.28. The molecule has 0 spiro atoms. The van der Waals surface area contributed by atoms with Crippen LogP contribution in [0.5, 0.6) is 0 Å². The molecule has 1 aliphatic heterocycles. The van der Waals surface area contributed by atoms with E-state index in [1.807, 2.05) is 35.2 Å². The molecule has 30 heavy (non-hydrogen) atoms. The smallest absolute Gasteiger partial charge is 0.410 e. The van der Waals surface area contributed by atoms with E-state index in [-0.39, 0.29) is 23.6 Å². The Bertz CT molecular complexity index is 1030. The summed E-state index contributed by atoms with van der Waals surface area (Å²) in [6.07, 6.45) is 0.933. The van der Waals surface area contributed by atoms with Crippen LogP contribution in [0.15, 0.2) is 53.6 Å². The van der Waals surface area contributed by atoms with Crippen molar-refractivity contribution in [3.05, 3.63) is 54.2 Å². The first-order chi connectivity index (χ1) is 14.4. The minimum atomic E-state index is -3.55. The van der Waals surface area contributed by atoms with Gasteiger partial charge < -0.3 is 14.5 Å². The van der Waals surface area contributed by atoms with Gasteiger partial charge in [0, 0.05) is 19.3 Å². The van der Waals surface area contributed by atoms with Crippen molar-refractivity contribution in [3.8, 4) is 11.8 Å². The molecule has 1 aromatic carbocycles. The van der Waals surface area contributed by atoms with Gasteiger partial charge in [-0.05, 0) is 31.7 Å². The van der Waals surface area contributed by atoms with Crippen molar-refractivity contribution >= 4 is 21.9 Å². The van der Waals surface area contributed by atoms with E-state index < -0.39 is 10.0 Å². The van der Waals surface area contributed by atoms with E-state index in [0.717, 1.165) is 5.56 Å². The van der Waals surface area contributed by atoms with Gasteiger partial charge in [-0.25, -0.2) is 22.9 Å². The molecular formula is C21H24N4O4S. The summed E-state index contributed by atoms with van der Waals surface area (Å²) in [5.41, 5.74) is 0.926. The number of piperazine rings is 1. The van der Waals surface area contributed by atoms with Crippen LogP contribution in [-0.4, -0.2) is 57.1 Å². The Hall–Kier alpha value is -3.09. The molecule has 0 radical (unpaired) electrons. The largest absolute Gasteiger partial charge is 0.445 e. The summed E-state index contributed by atoms with van der Waals surface area (Å²) in [5, 5.41) is 0. The molecule has 0 bridgehead atoms. The van der Waals surface area contributed by atoms with Crippen molar-refractivity contribution in [2.45, 2.75) is 24.5 Å². The van der Waals surface area contributed by atoms with Crippen molar-refractivity contribution in [3.63, 3.8) is 0 Å². The molecule has 2 aromatic rings. The summed E-state index contributed by atoms with van der Waals surface area (Å²) in [7, 11) is -2.19. The average Bonchev–Trinajstić information content (AvgIpc) is 2.78. The maximum absolute atomic E-state index is 12.5. The molecule has 1 aromatic heterocycles. The number of nitrogens with zero attached hydrogens (tertiary/aromatic N) is 3. The maximum Gasteiger partial charge on any atom is 0.410 e. The number of carbonyl (C=O) groups is 1. The molecule has 158 valence electrons. The second kappa shape index (κ2) is 9.61. The molecule has 1 saturated heterocycles. The quantitative estimate of drug-likeness (QED) is 0.731. The number of carbonyl (C=O) groups excluding carboxylic acids is 1. The zero-order valence-electron chi connectivity index (χ0n) is 16.9. The van der Waals surface area contributed by atoms with E-state index in [1.54, 1.807) is 17.9 Å². The van der Waals surface area contributed by atoms with Gasteiger partial charge in [0.25, 0.3) is 0 Å². The second-order valence-corrected chi connectivity index (χ2v) is 8.54. The third-order valence-electron chi connectivity index (χ3n) is 4.75. The molecule has 9 heteroatoms. The van der Waals surface area contributed by atoms with Crippen LogP contribution in [-0.2, 0) is 21.4 Å². The molecule has 2 heterocycles. The Balaban J connectivity index is 1.67. The van der Waals surface area contributed by atoms with E-state index in [0.29, 0.717) is 25.5 Å². The molecule has 1 N–H and O–H groups in total. The monoisotopic (exact) mass is 428 g/mol. The molecule has 0 saturated carbocycles. The van der Waals surface area contributed by atoms with Gasteiger partial charge in [0.2, 0.25) is 10.0 Å². The van der Waals surface area contributed by atoms with Crippen LogP contribution in [0.1, 0.15) is 12.5 Å². The van der Waals surface area contributed by atoms with Crippen molar-refractivity contribution in [2.24, 2.45) is 0 Å². The van der Waals surface area contributed by atoms with Crippen molar-refractivity contribution in [1.29, 1.82) is 0 Å². The number of anilines is 1. The van der Waals surface area contributed by atoms with Crippen LogP contribution in [0.4, 0.5) is 10.6 Å². The summed E-state index contributed by atoms with van der Waals surface area (Å²) >= 11 is 0. The fraction of sp³-hybridized carbons (Fsp3) is 0.333. The lowest BCUT2D eigenvalue weighted by Gasteiger charge is -2.39. The zero-order chi connectivity index (χ0) is 21.6. The van der Waals surface area contributed by atoms with E-state index in [1.165, 1.54) is 19.3 Å². The highest BCUT2D eigenvalue weighted by atomic mass is 32.2. The van der Waals surface area contributed by atoms with Crippen molar-refractivity contribution in [1.82, 2.24) is 14.6 Å². The molecular weight excluding hydrogens is 404 g/mol. The highest BCUT2D eigenvalue weighted by Gasteiger charge is 2.30. The van der Waals surface area contributed by atoms with Crippen molar-refractivity contribution < 1.29 is 17.9 Å².